The molecule has 6 heteroatoms. The molecule has 3 rings (SSSR count). The van der Waals surface area contributed by atoms with Crippen LogP contribution in [0.25, 0.3) is 0 Å². The van der Waals surface area contributed by atoms with Crippen molar-refractivity contribution in [1.29, 1.82) is 0 Å². The van der Waals surface area contributed by atoms with E-state index in [-0.39, 0.29) is 0 Å². The van der Waals surface area contributed by atoms with Gasteiger partial charge in [0, 0.05) is 6.54 Å². The van der Waals surface area contributed by atoms with E-state index in [0.717, 1.165) is 25.7 Å². The van der Waals surface area contributed by atoms with Crippen molar-refractivity contribution >= 4 is 5.91 Å². The highest BCUT2D eigenvalue weighted by atomic mass is 19.3. The third kappa shape index (κ3) is 3.41. The van der Waals surface area contributed by atoms with Crippen LogP contribution in [0.5, 0.6) is 0 Å². The lowest BCUT2D eigenvalue weighted by Crippen LogP contribution is -2.30. The minimum Gasteiger partial charge on any atom is -0.438 e. The average molecular weight is 320 g/mol. The lowest BCUT2D eigenvalue weighted by Gasteiger charge is -2.20. The molecule has 23 heavy (non-hydrogen) atoms. The molecular weight excluding hydrogens is 302 g/mol. The molecule has 1 aromatic carbocycles. The van der Waals surface area contributed by atoms with Crippen LogP contribution in [-0.4, -0.2) is 17.4 Å². The van der Waals surface area contributed by atoms with Gasteiger partial charge in [0.2, 0.25) is 5.76 Å². The first-order chi connectivity index (χ1) is 11.2. The predicted octanol–water partition coefficient (Wildman–Crippen LogP) is 3.93. The maximum Gasteiger partial charge on any atom is 0.289 e. The predicted molar refractivity (Wildman–Crippen MR) is 80.3 cm³/mol. The number of carbonyl (C=O) groups is 1. The van der Waals surface area contributed by atoms with Gasteiger partial charge in [-0.05, 0) is 30.2 Å². The van der Waals surface area contributed by atoms with Crippen LogP contribution in [0.15, 0.2) is 41.1 Å². The van der Waals surface area contributed by atoms with E-state index in [4.69, 9.17) is 4.42 Å². The van der Waals surface area contributed by atoms with Gasteiger partial charge in [-0.15, -0.1) is 0 Å². The van der Waals surface area contributed by atoms with Crippen molar-refractivity contribution in [2.45, 2.75) is 31.6 Å². The quantitative estimate of drug-likeness (QED) is 0.908. The molecule has 1 aromatic heterocycles. The number of aromatic nitrogens is 1. The van der Waals surface area contributed by atoms with Crippen LogP contribution in [0.1, 0.15) is 53.4 Å². The zero-order chi connectivity index (χ0) is 16.2. The van der Waals surface area contributed by atoms with Gasteiger partial charge in [0.15, 0.2) is 12.1 Å². The van der Waals surface area contributed by atoms with Gasteiger partial charge in [-0.25, -0.2) is 13.8 Å². The number of oxazole rings is 1. The fourth-order valence-electron chi connectivity index (χ4n) is 3.30. The SMILES string of the molecule is O=C(NCC1CCCC1c1ccccc1)c1ocnc1C(F)F. The minimum absolute atomic E-state index is 0.305. The Morgan fingerprint density at radius 1 is 1.30 bits per heavy atom. The Balaban J connectivity index is 1.63. The highest BCUT2D eigenvalue weighted by molar-refractivity contribution is 5.92. The van der Waals surface area contributed by atoms with Crippen LogP contribution in [0.4, 0.5) is 8.78 Å². The summed E-state index contributed by atoms with van der Waals surface area (Å²) in [5, 5.41) is 2.72. The molecule has 1 N–H and O–H groups in total. The van der Waals surface area contributed by atoms with Crippen molar-refractivity contribution in [2.75, 3.05) is 6.54 Å². The second-order valence-corrected chi connectivity index (χ2v) is 5.79. The van der Waals surface area contributed by atoms with Crippen molar-refractivity contribution in [3.05, 3.63) is 53.7 Å². The lowest BCUT2D eigenvalue weighted by atomic mass is 9.89. The van der Waals surface area contributed by atoms with Gasteiger partial charge in [0.1, 0.15) is 0 Å². The molecule has 1 fully saturated rings. The normalized spacial score (nSPS) is 20.8. The van der Waals surface area contributed by atoms with Gasteiger partial charge in [0.25, 0.3) is 12.3 Å². The summed E-state index contributed by atoms with van der Waals surface area (Å²) in [6, 6.07) is 10.2. The number of hydrogen-bond acceptors (Lipinski definition) is 3. The van der Waals surface area contributed by atoms with Crippen molar-refractivity contribution in [2.24, 2.45) is 5.92 Å². The molecule has 0 spiro atoms. The summed E-state index contributed by atoms with van der Waals surface area (Å²) >= 11 is 0. The molecule has 0 bridgehead atoms. The van der Waals surface area contributed by atoms with E-state index in [1.165, 1.54) is 5.56 Å². The molecule has 4 nitrogen and oxygen atoms in total. The van der Waals surface area contributed by atoms with Crippen LogP contribution >= 0.6 is 0 Å². The monoisotopic (exact) mass is 320 g/mol. The molecule has 1 heterocycles. The van der Waals surface area contributed by atoms with E-state index in [0.29, 0.717) is 18.4 Å². The Kier molecular flexibility index (Phi) is 4.69. The van der Waals surface area contributed by atoms with Crippen LogP contribution < -0.4 is 5.32 Å². The Morgan fingerprint density at radius 3 is 2.83 bits per heavy atom. The van der Waals surface area contributed by atoms with Crippen LogP contribution in [-0.2, 0) is 0 Å². The third-order valence-corrected chi connectivity index (χ3v) is 4.42. The first kappa shape index (κ1) is 15.6. The molecule has 2 unspecified atom stereocenters. The van der Waals surface area contributed by atoms with E-state index in [1.54, 1.807) is 0 Å². The fraction of sp³-hybridized carbons (Fsp3) is 0.412. The average Bonchev–Trinajstić information content (AvgIpc) is 3.22. The first-order valence-corrected chi connectivity index (χ1v) is 7.71. The van der Waals surface area contributed by atoms with Crippen molar-refractivity contribution < 1.29 is 18.0 Å². The number of carbonyl (C=O) groups excluding carboxylic acids is 1. The number of alkyl halides is 2. The summed E-state index contributed by atoms with van der Waals surface area (Å²) < 4.78 is 30.3. The molecule has 2 atom stereocenters. The highest BCUT2D eigenvalue weighted by Gasteiger charge is 2.30. The maximum absolute atomic E-state index is 12.7. The summed E-state index contributed by atoms with van der Waals surface area (Å²) in [7, 11) is 0. The third-order valence-electron chi connectivity index (χ3n) is 4.42. The molecule has 2 aromatic rings. The summed E-state index contributed by atoms with van der Waals surface area (Å²) in [5.41, 5.74) is 0.658. The molecule has 1 amide bonds. The lowest BCUT2D eigenvalue weighted by molar-refractivity contribution is 0.0899. The summed E-state index contributed by atoms with van der Waals surface area (Å²) in [5.74, 6) is -0.328. The summed E-state index contributed by atoms with van der Waals surface area (Å²) in [6.45, 7) is 0.446. The van der Waals surface area contributed by atoms with Crippen LogP contribution in [0, 0.1) is 5.92 Å². The summed E-state index contributed by atoms with van der Waals surface area (Å²) in [6.07, 6.45) is 1.24. The zero-order valence-corrected chi connectivity index (χ0v) is 12.5. The molecule has 122 valence electrons. The molecule has 1 aliphatic carbocycles. The van der Waals surface area contributed by atoms with Gasteiger partial charge in [0.05, 0.1) is 0 Å². The van der Waals surface area contributed by atoms with Crippen LogP contribution in [0.3, 0.4) is 0 Å². The summed E-state index contributed by atoms with van der Waals surface area (Å²) in [4.78, 5) is 15.5. The molecule has 0 radical (unpaired) electrons. The Labute approximate surface area is 132 Å². The minimum atomic E-state index is -2.82. The smallest absolute Gasteiger partial charge is 0.289 e. The number of halogens is 2. The van der Waals surface area contributed by atoms with E-state index in [1.807, 2.05) is 18.2 Å². The standard InChI is InChI=1S/C17H18F2N2O2/c18-16(19)14-15(23-10-21-14)17(22)20-9-12-7-4-8-13(12)11-5-2-1-3-6-11/h1-3,5-6,10,12-13,16H,4,7-9H2,(H,20,22). The second kappa shape index (κ2) is 6.89. The Hall–Kier alpha value is -2.24. The first-order valence-electron chi connectivity index (χ1n) is 7.71. The number of nitrogens with zero attached hydrogens (tertiary/aromatic N) is 1. The van der Waals surface area contributed by atoms with Crippen molar-refractivity contribution in [1.82, 2.24) is 10.3 Å². The van der Waals surface area contributed by atoms with Gasteiger partial charge in [-0.3, -0.25) is 4.79 Å². The number of nitrogens with one attached hydrogen (secondary N) is 1. The van der Waals surface area contributed by atoms with Gasteiger partial charge >= 0.3 is 0 Å². The zero-order valence-electron chi connectivity index (χ0n) is 12.5. The van der Waals surface area contributed by atoms with E-state index < -0.39 is 23.8 Å². The Bertz CT molecular complexity index is 658. The van der Waals surface area contributed by atoms with Gasteiger partial charge in [-0.1, -0.05) is 36.8 Å². The second-order valence-electron chi connectivity index (χ2n) is 5.79. The number of hydrogen-bond donors (Lipinski definition) is 1. The largest absolute Gasteiger partial charge is 0.438 e. The Morgan fingerprint density at radius 2 is 2.09 bits per heavy atom. The van der Waals surface area contributed by atoms with Crippen molar-refractivity contribution in [3.63, 3.8) is 0 Å². The molecule has 0 saturated heterocycles. The fourth-order valence-corrected chi connectivity index (χ4v) is 3.30. The van der Waals surface area contributed by atoms with E-state index in [2.05, 4.69) is 22.4 Å². The number of benzene rings is 1. The number of amides is 1. The molecule has 1 saturated carbocycles. The topological polar surface area (TPSA) is 55.1 Å². The maximum atomic E-state index is 12.7. The molecule has 0 aliphatic heterocycles. The molecular formula is C17H18F2N2O2. The van der Waals surface area contributed by atoms with Crippen molar-refractivity contribution in [3.8, 4) is 0 Å². The van der Waals surface area contributed by atoms with E-state index in [9.17, 15) is 13.6 Å². The van der Waals surface area contributed by atoms with E-state index >= 15 is 0 Å². The van der Waals surface area contributed by atoms with Gasteiger partial charge < -0.3 is 9.73 Å². The highest BCUT2D eigenvalue weighted by Crippen LogP contribution is 2.39. The molecule has 1 aliphatic rings. The number of rotatable bonds is 5. The van der Waals surface area contributed by atoms with Crippen LogP contribution in [0.2, 0.25) is 0 Å². The van der Waals surface area contributed by atoms with Gasteiger partial charge in [-0.2, -0.15) is 0 Å².